The molecule has 0 atom stereocenters. The molecule has 0 saturated carbocycles. The number of benzene rings is 12. The Hall–Kier alpha value is -9.04. The van der Waals surface area contributed by atoms with E-state index in [4.69, 9.17) is 0 Å². The second-order valence-electron chi connectivity index (χ2n) is 22.9. The van der Waals surface area contributed by atoms with E-state index in [1.165, 1.54) is 132 Å². The van der Waals surface area contributed by atoms with Gasteiger partial charge in [0.15, 0.2) is 0 Å². The molecule has 13 rings (SSSR count). The summed E-state index contributed by atoms with van der Waals surface area (Å²) >= 11 is 0. The lowest BCUT2D eigenvalue weighted by Gasteiger charge is -2.25. The fraction of sp³-hybridized carbons (Fsp3) is 0.105. The van der Waals surface area contributed by atoms with Crippen molar-refractivity contribution in [1.82, 2.24) is 4.57 Å². The van der Waals surface area contributed by atoms with Crippen molar-refractivity contribution in [2.24, 2.45) is 0 Å². The maximum atomic E-state index is 2.47. The number of aromatic nitrogens is 1. The Morgan fingerprint density at radius 1 is 0.221 bits per heavy atom. The van der Waals surface area contributed by atoms with Crippen molar-refractivity contribution >= 4 is 43.4 Å². The van der Waals surface area contributed by atoms with Gasteiger partial charge in [-0.3, -0.25) is 0 Å². The zero-order valence-corrected chi connectivity index (χ0v) is 44.8. The van der Waals surface area contributed by atoms with Crippen molar-refractivity contribution in [2.45, 2.75) is 52.4 Å². The summed E-state index contributed by atoms with van der Waals surface area (Å²) in [4.78, 5) is 0. The van der Waals surface area contributed by atoms with Crippen molar-refractivity contribution in [3.63, 3.8) is 0 Å². The van der Waals surface area contributed by atoms with E-state index in [2.05, 4.69) is 307 Å². The molecule has 77 heavy (non-hydrogen) atoms. The second-order valence-corrected chi connectivity index (χ2v) is 22.9. The Morgan fingerprint density at radius 2 is 0.506 bits per heavy atom. The topological polar surface area (TPSA) is 4.93 Å². The second kappa shape index (κ2) is 19.0. The Morgan fingerprint density at radius 3 is 0.857 bits per heavy atom. The molecule has 0 radical (unpaired) electrons. The minimum absolute atomic E-state index is 0.0221. The van der Waals surface area contributed by atoms with Gasteiger partial charge in [-0.25, -0.2) is 0 Å². The first kappa shape index (κ1) is 47.7. The Bertz CT molecular complexity index is 4300. The van der Waals surface area contributed by atoms with Crippen LogP contribution in [0.3, 0.4) is 0 Å². The lowest BCUT2D eigenvalue weighted by molar-refractivity contribution is 0.590. The van der Waals surface area contributed by atoms with Gasteiger partial charge < -0.3 is 4.57 Å². The Labute approximate surface area is 453 Å². The average Bonchev–Trinajstić information content (AvgIpc) is 3.94. The highest BCUT2D eigenvalue weighted by Crippen LogP contribution is 2.47. The third-order valence-corrected chi connectivity index (χ3v) is 16.0. The summed E-state index contributed by atoms with van der Waals surface area (Å²) in [6.45, 7) is 13.9. The monoisotopic (exact) mass is 987 g/mol. The summed E-state index contributed by atoms with van der Waals surface area (Å²) in [5, 5.41) is 7.59. The predicted octanol–water partition coefficient (Wildman–Crippen LogP) is 21.4. The summed E-state index contributed by atoms with van der Waals surface area (Å²) in [6.07, 6.45) is 0. The molecule has 12 aromatic carbocycles. The predicted molar refractivity (Wildman–Crippen MR) is 331 cm³/mol. The molecule has 0 spiro atoms. The van der Waals surface area contributed by atoms with Crippen LogP contribution in [0, 0.1) is 0 Å². The van der Waals surface area contributed by atoms with E-state index >= 15 is 0 Å². The molecule has 0 aliphatic heterocycles. The highest BCUT2D eigenvalue weighted by molar-refractivity contribution is 6.22. The molecule has 0 aliphatic carbocycles. The lowest BCUT2D eigenvalue weighted by Crippen LogP contribution is -2.11. The molecule has 1 heteroatoms. The average molecular weight is 988 g/mol. The van der Waals surface area contributed by atoms with Crippen LogP contribution in [-0.2, 0) is 10.8 Å². The first-order chi connectivity index (χ1) is 37.4. The van der Waals surface area contributed by atoms with E-state index in [1.54, 1.807) is 0 Å². The fourth-order valence-electron chi connectivity index (χ4n) is 11.7. The van der Waals surface area contributed by atoms with Crippen molar-refractivity contribution in [3.05, 3.63) is 272 Å². The Kier molecular flexibility index (Phi) is 11.7. The van der Waals surface area contributed by atoms with Crippen molar-refractivity contribution in [1.29, 1.82) is 0 Å². The van der Waals surface area contributed by atoms with Crippen molar-refractivity contribution < 1.29 is 0 Å². The molecule has 0 amide bonds. The van der Waals surface area contributed by atoms with Crippen LogP contribution in [0.5, 0.6) is 0 Å². The van der Waals surface area contributed by atoms with Crippen LogP contribution in [0.1, 0.15) is 52.7 Å². The van der Waals surface area contributed by atoms with Gasteiger partial charge in [-0.1, -0.05) is 254 Å². The summed E-state index contributed by atoms with van der Waals surface area (Å²) in [5.74, 6) is 0. The summed E-state index contributed by atoms with van der Waals surface area (Å²) in [7, 11) is 0. The van der Waals surface area contributed by atoms with Crippen LogP contribution >= 0.6 is 0 Å². The van der Waals surface area contributed by atoms with Gasteiger partial charge >= 0.3 is 0 Å². The largest absolute Gasteiger partial charge is 0.309 e. The number of rotatable bonds is 8. The zero-order valence-electron chi connectivity index (χ0n) is 44.8. The molecule has 0 N–H and O–H groups in total. The quantitative estimate of drug-likeness (QED) is 0.134. The minimum Gasteiger partial charge on any atom is -0.309 e. The van der Waals surface area contributed by atoms with Gasteiger partial charge in [0, 0.05) is 16.5 Å². The smallest absolute Gasteiger partial charge is 0.0541 e. The SMILES string of the molecule is CC(C)(C)c1ccc2c(-c3ccc(-c4ccc(-c5ccc6c(c5)c5cc(-c7ccccc7)ccc5n6-c5ccccc5)cc4)cc3)c3cc(C(C)(C)C)ccc3c(-c3ccc(-c4ccc(-c5ccccc5)cc4)cc3)c2c1. The molecule has 0 aliphatic rings. The van der Waals surface area contributed by atoms with E-state index in [9.17, 15) is 0 Å². The zero-order chi connectivity index (χ0) is 52.4. The van der Waals surface area contributed by atoms with Crippen molar-refractivity contribution in [3.8, 4) is 83.6 Å². The van der Waals surface area contributed by atoms with E-state index in [1.807, 2.05) is 0 Å². The van der Waals surface area contributed by atoms with E-state index in [0.717, 1.165) is 5.69 Å². The van der Waals surface area contributed by atoms with Crippen LogP contribution in [-0.4, -0.2) is 4.57 Å². The molecule has 0 fully saturated rings. The highest BCUT2D eigenvalue weighted by Gasteiger charge is 2.23. The number of fused-ring (bicyclic) bond motifs is 5. The van der Waals surface area contributed by atoms with Gasteiger partial charge in [0.1, 0.15) is 0 Å². The molecule has 1 heterocycles. The summed E-state index contributed by atoms with van der Waals surface area (Å²) < 4.78 is 2.40. The first-order valence-corrected chi connectivity index (χ1v) is 27.1. The van der Waals surface area contributed by atoms with Gasteiger partial charge in [0.2, 0.25) is 0 Å². The van der Waals surface area contributed by atoms with Crippen LogP contribution in [0.15, 0.2) is 261 Å². The standard InChI is InChI=1S/C76H61N/c1-75(2,3)62-41-43-66-69(48-62)73(58-34-30-55(31-35-58)53-24-22-52(23-25-53)50-16-10-7-11-17-50)65-42-40-63(76(4,5)6)49-70(65)74(66)59-36-32-56(33-37-59)54-26-28-57(29-27-54)61-39-45-72-68(47-61)67-46-60(51-18-12-8-13-19-51)38-44-71(67)77(72)64-20-14-9-15-21-64/h7-49H,1-6H3. The molecule has 370 valence electrons. The number of nitrogens with zero attached hydrogens (tertiary/aromatic N) is 1. The first-order valence-electron chi connectivity index (χ1n) is 27.1. The number of hydrogen-bond donors (Lipinski definition) is 0. The van der Waals surface area contributed by atoms with Gasteiger partial charge in [-0.15, -0.1) is 0 Å². The third-order valence-electron chi connectivity index (χ3n) is 16.0. The van der Waals surface area contributed by atoms with Crippen LogP contribution < -0.4 is 0 Å². The summed E-state index contributed by atoms with van der Waals surface area (Å²) in [5.41, 5.74) is 23.3. The normalized spacial score (nSPS) is 12.0. The summed E-state index contributed by atoms with van der Waals surface area (Å²) in [6, 6.07) is 97.0. The molecule has 1 nitrogen and oxygen atoms in total. The molecule has 13 aromatic rings. The van der Waals surface area contributed by atoms with Gasteiger partial charge in [0.25, 0.3) is 0 Å². The lowest BCUT2D eigenvalue weighted by atomic mass is 9.79. The molecule has 0 saturated heterocycles. The van der Waals surface area contributed by atoms with E-state index in [-0.39, 0.29) is 10.8 Å². The minimum atomic E-state index is -0.0247. The molecule has 0 unspecified atom stereocenters. The van der Waals surface area contributed by atoms with E-state index < -0.39 is 0 Å². The molecule has 1 aromatic heterocycles. The van der Waals surface area contributed by atoms with Crippen LogP contribution in [0.4, 0.5) is 0 Å². The highest BCUT2D eigenvalue weighted by atomic mass is 15.0. The molecular formula is C76H61N. The fourth-order valence-corrected chi connectivity index (χ4v) is 11.7. The van der Waals surface area contributed by atoms with Gasteiger partial charge in [-0.05, 0) is 170 Å². The van der Waals surface area contributed by atoms with Crippen molar-refractivity contribution in [2.75, 3.05) is 0 Å². The molecular weight excluding hydrogens is 927 g/mol. The maximum Gasteiger partial charge on any atom is 0.0541 e. The third kappa shape index (κ3) is 8.82. The van der Waals surface area contributed by atoms with Crippen LogP contribution in [0.2, 0.25) is 0 Å². The number of para-hydroxylation sites is 1. The van der Waals surface area contributed by atoms with E-state index in [0.29, 0.717) is 0 Å². The Balaban J connectivity index is 0.879. The van der Waals surface area contributed by atoms with Gasteiger partial charge in [-0.2, -0.15) is 0 Å². The van der Waals surface area contributed by atoms with Gasteiger partial charge in [0.05, 0.1) is 11.0 Å². The number of hydrogen-bond acceptors (Lipinski definition) is 0. The maximum absolute atomic E-state index is 2.47. The van der Waals surface area contributed by atoms with Crippen LogP contribution in [0.25, 0.3) is 127 Å². The molecule has 0 bridgehead atoms.